The largest absolute Gasteiger partial charge is 0.497 e. The van der Waals surface area contributed by atoms with Crippen LogP contribution in [0, 0.1) is 0 Å². The second kappa shape index (κ2) is 6.48. The fourth-order valence-electron chi connectivity index (χ4n) is 1.19. The van der Waals surface area contributed by atoms with Crippen LogP contribution in [0.4, 0.5) is 4.79 Å². The van der Waals surface area contributed by atoms with E-state index in [0.717, 1.165) is 0 Å². The number of ether oxygens (including phenoxy) is 2. The van der Waals surface area contributed by atoms with Crippen molar-refractivity contribution in [2.24, 2.45) is 0 Å². The van der Waals surface area contributed by atoms with Gasteiger partial charge >= 0.3 is 6.03 Å². The number of hydrogen-bond donors (Lipinski definition) is 2. The van der Waals surface area contributed by atoms with Gasteiger partial charge in [0.15, 0.2) is 6.10 Å². The van der Waals surface area contributed by atoms with Gasteiger partial charge in [-0.25, -0.2) is 4.79 Å². The number of carbonyl (C=O) groups is 2. The minimum atomic E-state index is -0.768. The van der Waals surface area contributed by atoms with Gasteiger partial charge in [-0.3, -0.25) is 10.1 Å². The predicted octanol–water partition coefficient (Wildman–Crippen LogP) is 0.918. The summed E-state index contributed by atoms with van der Waals surface area (Å²) in [7, 11) is 2.99. The van der Waals surface area contributed by atoms with Crippen molar-refractivity contribution in [1.82, 2.24) is 10.6 Å². The smallest absolute Gasteiger partial charge is 0.321 e. The number of urea groups is 1. The molecule has 0 aliphatic rings. The van der Waals surface area contributed by atoms with Crippen molar-refractivity contribution in [2.45, 2.75) is 13.0 Å². The molecule has 6 heteroatoms. The molecule has 0 saturated carbocycles. The first-order chi connectivity index (χ1) is 8.56. The van der Waals surface area contributed by atoms with Crippen LogP contribution in [0.5, 0.6) is 11.5 Å². The van der Waals surface area contributed by atoms with Crippen LogP contribution < -0.4 is 20.1 Å². The quantitative estimate of drug-likeness (QED) is 0.835. The second-order valence-corrected chi connectivity index (χ2v) is 3.50. The van der Waals surface area contributed by atoms with Gasteiger partial charge in [-0.1, -0.05) is 0 Å². The summed E-state index contributed by atoms with van der Waals surface area (Å²) < 4.78 is 10.4. The molecule has 0 fully saturated rings. The van der Waals surface area contributed by atoms with E-state index in [4.69, 9.17) is 9.47 Å². The molecule has 1 atom stereocenters. The van der Waals surface area contributed by atoms with Gasteiger partial charge in [0.25, 0.3) is 5.91 Å². The number of nitrogens with one attached hydrogen (secondary N) is 2. The number of carbonyl (C=O) groups excluding carboxylic acids is 2. The molecule has 0 saturated heterocycles. The summed E-state index contributed by atoms with van der Waals surface area (Å²) >= 11 is 0. The van der Waals surface area contributed by atoms with Crippen LogP contribution in [0.1, 0.15) is 6.92 Å². The van der Waals surface area contributed by atoms with Crippen molar-refractivity contribution in [3.63, 3.8) is 0 Å². The molecule has 1 aromatic rings. The van der Waals surface area contributed by atoms with E-state index in [-0.39, 0.29) is 0 Å². The summed E-state index contributed by atoms with van der Waals surface area (Å²) in [4.78, 5) is 22.5. The highest BCUT2D eigenvalue weighted by Crippen LogP contribution is 2.18. The lowest BCUT2D eigenvalue weighted by Gasteiger charge is -2.14. The van der Waals surface area contributed by atoms with Crippen LogP contribution in [0.15, 0.2) is 24.3 Å². The number of rotatable bonds is 4. The zero-order valence-electron chi connectivity index (χ0n) is 10.5. The minimum Gasteiger partial charge on any atom is -0.497 e. The topological polar surface area (TPSA) is 76.7 Å². The fraction of sp³-hybridized carbons (Fsp3) is 0.333. The maximum atomic E-state index is 11.5. The Morgan fingerprint density at radius 1 is 1.17 bits per heavy atom. The Labute approximate surface area is 105 Å². The molecule has 1 aromatic carbocycles. The average molecular weight is 252 g/mol. The van der Waals surface area contributed by atoms with Crippen LogP contribution in [0.3, 0.4) is 0 Å². The second-order valence-electron chi connectivity index (χ2n) is 3.50. The zero-order chi connectivity index (χ0) is 13.5. The summed E-state index contributed by atoms with van der Waals surface area (Å²) in [6.07, 6.45) is -0.768. The molecule has 6 nitrogen and oxygen atoms in total. The van der Waals surface area contributed by atoms with Crippen molar-refractivity contribution in [1.29, 1.82) is 0 Å². The van der Waals surface area contributed by atoms with Gasteiger partial charge in [0.05, 0.1) is 7.11 Å². The SMILES string of the molecule is CNC(=O)NC(=O)[C@H](C)Oc1ccc(OC)cc1. The Hall–Kier alpha value is -2.24. The minimum absolute atomic E-state index is 0.509. The van der Waals surface area contributed by atoms with Gasteiger partial charge in [0.1, 0.15) is 11.5 Å². The van der Waals surface area contributed by atoms with E-state index in [2.05, 4.69) is 10.6 Å². The first-order valence-electron chi connectivity index (χ1n) is 5.40. The van der Waals surface area contributed by atoms with Crippen LogP contribution >= 0.6 is 0 Å². The summed E-state index contributed by atoms with van der Waals surface area (Å²) in [5, 5.41) is 4.42. The van der Waals surface area contributed by atoms with E-state index in [0.29, 0.717) is 11.5 Å². The third-order valence-corrected chi connectivity index (χ3v) is 2.21. The lowest BCUT2D eigenvalue weighted by atomic mass is 10.3. The van der Waals surface area contributed by atoms with Crippen molar-refractivity contribution in [2.75, 3.05) is 14.2 Å². The van der Waals surface area contributed by atoms with Crippen molar-refractivity contribution in [3.8, 4) is 11.5 Å². The molecule has 0 aliphatic carbocycles. The highest BCUT2D eigenvalue weighted by molar-refractivity contribution is 5.96. The average Bonchev–Trinajstić information content (AvgIpc) is 2.39. The normalized spacial score (nSPS) is 11.3. The highest BCUT2D eigenvalue weighted by atomic mass is 16.5. The first kappa shape index (κ1) is 13.8. The lowest BCUT2D eigenvalue weighted by molar-refractivity contribution is -0.126. The van der Waals surface area contributed by atoms with Crippen molar-refractivity contribution >= 4 is 11.9 Å². The summed E-state index contributed by atoms with van der Waals surface area (Å²) in [6, 6.07) is 6.24. The third-order valence-electron chi connectivity index (χ3n) is 2.21. The molecular formula is C12H16N2O4. The summed E-state index contributed by atoms with van der Waals surface area (Å²) in [5.41, 5.74) is 0. The molecule has 0 aromatic heterocycles. The Balaban J connectivity index is 2.55. The third kappa shape index (κ3) is 3.97. The molecule has 98 valence electrons. The van der Waals surface area contributed by atoms with Crippen molar-refractivity contribution < 1.29 is 19.1 Å². The van der Waals surface area contributed by atoms with Gasteiger partial charge in [0, 0.05) is 7.05 Å². The monoisotopic (exact) mass is 252 g/mol. The van der Waals surface area contributed by atoms with Crippen LogP contribution in [-0.2, 0) is 4.79 Å². The number of hydrogen-bond acceptors (Lipinski definition) is 4. The standard InChI is InChI=1S/C12H16N2O4/c1-8(11(15)14-12(16)13-2)18-10-6-4-9(17-3)5-7-10/h4-8H,1-3H3,(H2,13,14,15,16)/t8-/m0/s1. The van der Waals surface area contributed by atoms with Crippen LogP contribution in [0.2, 0.25) is 0 Å². The van der Waals surface area contributed by atoms with Gasteiger partial charge < -0.3 is 14.8 Å². The maximum Gasteiger partial charge on any atom is 0.321 e. The van der Waals surface area contributed by atoms with Gasteiger partial charge in [0.2, 0.25) is 0 Å². The number of benzene rings is 1. The highest BCUT2D eigenvalue weighted by Gasteiger charge is 2.16. The Kier molecular flexibility index (Phi) is 4.98. The molecular weight excluding hydrogens is 236 g/mol. The molecule has 18 heavy (non-hydrogen) atoms. The first-order valence-corrected chi connectivity index (χ1v) is 5.40. The Morgan fingerprint density at radius 3 is 2.22 bits per heavy atom. The molecule has 0 radical (unpaired) electrons. The van der Waals surface area contributed by atoms with Crippen LogP contribution in [-0.4, -0.2) is 32.2 Å². The zero-order valence-corrected chi connectivity index (χ0v) is 10.5. The predicted molar refractivity (Wildman–Crippen MR) is 65.7 cm³/mol. The van der Waals surface area contributed by atoms with Gasteiger partial charge in [-0.2, -0.15) is 0 Å². The van der Waals surface area contributed by atoms with E-state index < -0.39 is 18.0 Å². The lowest BCUT2D eigenvalue weighted by Crippen LogP contribution is -2.43. The summed E-state index contributed by atoms with van der Waals surface area (Å²) in [5.74, 6) is 0.713. The number of methoxy groups -OCH3 is 1. The molecule has 0 bridgehead atoms. The number of amides is 3. The maximum absolute atomic E-state index is 11.5. The van der Waals surface area contributed by atoms with Crippen molar-refractivity contribution in [3.05, 3.63) is 24.3 Å². The van der Waals surface area contributed by atoms with Gasteiger partial charge in [-0.05, 0) is 31.2 Å². The Morgan fingerprint density at radius 2 is 1.72 bits per heavy atom. The molecule has 0 heterocycles. The number of imide groups is 1. The molecule has 2 N–H and O–H groups in total. The molecule has 0 aliphatic heterocycles. The van der Waals surface area contributed by atoms with E-state index in [1.54, 1.807) is 38.3 Å². The fourth-order valence-corrected chi connectivity index (χ4v) is 1.19. The van der Waals surface area contributed by atoms with Crippen LogP contribution in [0.25, 0.3) is 0 Å². The Bertz CT molecular complexity index is 417. The van der Waals surface area contributed by atoms with E-state index in [9.17, 15) is 9.59 Å². The van der Waals surface area contributed by atoms with E-state index in [1.807, 2.05) is 0 Å². The van der Waals surface area contributed by atoms with E-state index >= 15 is 0 Å². The molecule has 1 rings (SSSR count). The molecule has 0 unspecified atom stereocenters. The molecule has 0 spiro atoms. The van der Waals surface area contributed by atoms with Gasteiger partial charge in [-0.15, -0.1) is 0 Å². The van der Waals surface area contributed by atoms with E-state index in [1.165, 1.54) is 7.05 Å². The summed E-state index contributed by atoms with van der Waals surface area (Å²) in [6.45, 7) is 1.56. The molecule has 3 amide bonds.